The average Bonchev–Trinajstić information content (AvgIpc) is 2.17. The van der Waals surface area contributed by atoms with Gasteiger partial charge in [0.2, 0.25) is 5.91 Å². The summed E-state index contributed by atoms with van der Waals surface area (Å²) in [6, 6.07) is 0.687. The van der Waals surface area contributed by atoms with Gasteiger partial charge in [-0.1, -0.05) is 0 Å². The van der Waals surface area contributed by atoms with Gasteiger partial charge >= 0.3 is 0 Å². The number of nitrogens with two attached hydrogens (primary N) is 1. The number of nitrogens with one attached hydrogen (secondary N) is 1. The molecule has 1 saturated carbocycles. The molecule has 3 nitrogen and oxygen atoms in total. The second-order valence-electron chi connectivity index (χ2n) is 4.76. The van der Waals surface area contributed by atoms with Crippen molar-refractivity contribution in [3.05, 3.63) is 0 Å². The SMILES string of the molecule is NC1CC(NC(=O)CC2CCSCC2)C1. The molecule has 86 valence electrons. The minimum atomic E-state index is 0.240. The fraction of sp³-hybridized carbons (Fsp3) is 0.909. The third-order valence-electron chi connectivity index (χ3n) is 3.35. The Morgan fingerprint density at radius 2 is 2.00 bits per heavy atom. The fourth-order valence-corrected chi connectivity index (χ4v) is 3.48. The van der Waals surface area contributed by atoms with Crippen molar-refractivity contribution in [3.63, 3.8) is 0 Å². The zero-order valence-corrected chi connectivity index (χ0v) is 9.89. The minimum Gasteiger partial charge on any atom is -0.353 e. The molecule has 0 aromatic rings. The van der Waals surface area contributed by atoms with Crippen molar-refractivity contribution in [3.8, 4) is 0 Å². The highest BCUT2D eigenvalue weighted by atomic mass is 32.2. The number of carbonyl (C=O) groups is 1. The van der Waals surface area contributed by atoms with Gasteiger partial charge in [0.25, 0.3) is 0 Å². The molecule has 2 rings (SSSR count). The monoisotopic (exact) mass is 228 g/mol. The lowest BCUT2D eigenvalue weighted by atomic mass is 9.87. The van der Waals surface area contributed by atoms with E-state index in [0.29, 0.717) is 18.0 Å². The molecule has 15 heavy (non-hydrogen) atoms. The number of rotatable bonds is 3. The summed E-state index contributed by atoms with van der Waals surface area (Å²) >= 11 is 2.01. The van der Waals surface area contributed by atoms with Crippen LogP contribution in [0.4, 0.5) is 0 Å². The van der Waals surface area contributed by atoms with Crippen molar-refractivity contribution in [2.75, 3.05) is 11.5 Å². The minimum absolute atomic E-state index is 0.240. The van der Waals surface area contributed by atoms with Gasteiger partial charge in [-0.15, -0.1) is 0 Å². The van der Waals surface area contributed by atoms with Crippen LogP contribution in [0.15, 0.2) is 0 Å². The molecule has 2 fully saturated rings. The zero-order chi connectivity index (χ0) is 10.7. The lowest BCUT2D eigenvalue weighted by Crippen LogP contribution is -2.50. The highest BCUT2D eigenvalue weighted by Gasteiger charge is 2.27. The first kappa shape index (κ1) is 11.3. The van der Waals surface area contributed by atoms with E-state index in [1.54, 1.807) is 0 Å². The summed E-state index contributed by atoms with van der Waals surface area (Å²) in [5, 5.41) is 3.07. The van der Waals surface area contributed by atoms with Gasteiger partial charge in [0, 0.05) is 18.5 Å². The van der Waals surface area contributed by atoms with E-state index in [4.69, 9.17) is 5.73 Å². The summed E-state index contributed by atoms with van der Waals surface area (Å²) in [6.07, 6.45) is 5.08. The van der Waals surface area contributed by atoms with Crippen molar-refractivity contribution in [1.82, 2.24) is 5.32 Å². The first-order chi connectivity index (χ1) is 7.24. The molecular formula is C11H20N2OS. The molecular weight excluding hydrogens is 208 g/mol. The molecule has 0 unspecified atom stereocenters. The number of carbonyl (C=O) groups excluding carboxylic acids is 1. The first-order valence-electron chi connectivity index (χ1n) is 5.86. The Balaban J connectivity index is 1.63. The third kappa shape index (κ3) is 3.38. The Kier molecular flexibility index (Phi) is 3.92. The van der Waals surface area contributed by atoms with Crippen molar-refractivity contribution < 1.29 is 4.79 Å². The van der Waals surface area contributed by atoms with Crippen molar-refractivity contribution in [1.29, 1.82) is 0 Å². The number of thioether (sulfide) groups is 1. The van der Waals surface area contributed by atoms with Crippen LogP contribution in [0.5, 0.6) is 0 Å². The molecule has 4 heteroatoms. The van der Waals surface area contributed by atoms with Crippen LogP contribution >= 0.6 is 11.8 Å². The number of amides is 1. The van der Waals surface area contributed by atoms with Crippen LogP contribution in [0, 0.1) is 5.92 Å². The Labute approximate surface area is 95.6 Å². The molecule has 3 N–H and O–H groups in total. The van der Waals surface area contributed by atoms with Crippen LogP contribution in [0.25, 0.3) is 0 Å². The van der Waals surface area contributed by atoms with Crippen molar-refractivity contribution in [2.45, 2.75) is 44.2 Å². The van der Waals surface area contributed by atoms with Gasteiger partial charge in [-0.2, -0.15) is 11.8 Å². The summed E-state index contributed by atoms with van der Waals surface area (Å²) in [6.45, 7) is 0. The highest BCUT2D eigenvalue weighted by molar-refractivity contribution is 7.99. The maximum absolute atomic E-state index is 11.7. The Morgan fingerprint density at radius 3 is 2.60 bits per heavy atom. The third-order valence-corrected chi connectivity index (χ3v) is 4.40. The summed E-state index contributed by atoms with van der Waals surface area (Å²) in [5.41, 5.74) is 5.67. The van der Waals surface area contributed by atoms with Crippen molar-refractivity contribution >= 4 is 17.7 Å². The predicted octanol–water partition coefficient (Wildman–Crippen LogP) is 1.13. The van der Waals surface area contributed by atoms with Crippen LogP contribution in [-0.4, -0.2) is 29.5 Å². The quantitative estimate of drug-likeness (QED) is 0.761. The molecule has 1 saturated heterocycles. The molecule has 2 aliphatic rings. The Bertz CT molecular complexity index is 223. The molecule has 1 heterocycles. The van der Waals surface area contributed by atoms with Gasteiger partial charge in [0.05, 0.1) is 0 Å². The molecule has 0 bridgehead atoms. The van der Waals surface area contributed by atoms with Crippen LogP contribution in [0.1, 0.15) is 32.1 Å². The van der Waals surface area contributed by atoms with Gasteiger partial charge in [-0.3, -0.25) is 4.79 Å². The van der Waals surface area contributed by atoms with Crippen LogP contribution in [-0.2, 0) is 4.79 Å². The first-order valence-corrected chi connectivity index (χ1v) is 7.02. The lowest BCUT2D eigenvalue weighted by Gasteiger charge is -2.33. The van der Waals surface area contributed by atoms with Gasteiger partial charge in [0.1, 0.15) is 0 Å². The van der Waals surface area contributed by atoms with E-state index < -0.39 is 0 Å². The van der Waals surface area contributed by atoms with Gasteiger partial charge in [-0.05, 0) is 43.1 Å². The molecule has 0 atom stereocenters. The molecule has 1 aliphatic carbocycles. The molecule has 1 aliphatic heterocycles. The topological polar surface area (TPSA) is 55.1 Å². The molecule has 0 aromatic carbocycles. The van der Waals surface area contributed by atoms with Gasteiger partial charge in [-0.25, -0.2) is 0 Å². The molecule has 0 radical (unpaired) electrons. The van der Waals surface area contributed by atoms with Crippen LogP contribution in [0.3, 0.4) is 0 Å². The smallest absolute Gasteiger partial charge is 0.220 e. The molecule has 0 aromatic heterocycles. The van der Waals surface area contributed by atoms with E-state index in [-0.39, 0.29) is 5.91 Å². The van der Waals surface area contributed by atoms with E-state index in [1.165, 1.54) is 24.3 Å². The van der Waals surface area contributed by atoms with E-state index in [2.05, 4.69) is 5.32 Å². The van der Waals surface area contributed by atoms with E-state index in [0.717, 1.165) is 19.3 Å². The van der Waals surface area contributed by atoms with Crippen LogP contribution < -0.4 is 11.1 Å². The Morgan fingerprint density at radius 1 is 1.33 bits per heavy atom. The highest BCUT2D eigenvalue weighted by Crippen LogP contribution is 2.25. The molecule has 0 spiro atoms. The van der Waals surface area contributed by atoms with E-state index in [1.807, 2.05) is 11.8 Å². The number of hydrogen-bond donors (Lipinski definition) is 2. The fourth-order valence-electron chi connectivity index (χ4n) is 2.28. The zero-order valence-electron chi connectivity index (χ0n) is 9.08. The second kappa shape index (κ2) is 5.21. The summed E-state index contributed by atoms with van der Waals surface area (Å²) in [5.74, 6) is 3.32. The normalized spacial score (nSPS) is 32.1. The average molecular weight is 228 g/mol. The largest absolute Gasteiger partial charge is 0.353 e. The predicted molar refractivity (Wildman–Crippen MR) is 63.8 cm³/mol. The van der Waals surface area contributed by atoms with Crippen LogP contribution in [0.2, 0.25) is 0 Å². The van der Waals surface area contributed by atoms with Crippen molar-refractivity contribution in [2.24, 2.45) is 11.7 Å². The summed E-state index contributed by atoms with van der Waals surface area (Å²) < 4.78 is 0. The summed E-state index contributed by atoms with van der Waals surface area (Å²) in [4.78, 5) is 11.7. The Hall–Kier alpha value is -0.220. The maximum Gasteiger partial charge on any atom is 0.220 e. The van der Waals surface area contributed by atoms with E-state index >= 15 is 0 Å². The standard InChI is InChI=1S/C11H20N2OS/c12-9-6-10(7-9)13-11(14)5-8-1-3-15-4-2-8/h8-10H,1-7,12H2,(H,13,14). The molecule has 1 amide bonds. The van der Waals surface area contributed by atoms with E-state index in [9.17, 15) is 4.79 Å². The van der Waals surface area contributed by atoms with Gasteiger partial charge < -0.3 is 11.1 Å². The second-order valence-corrected chi connectivity index (χ2v) is 5.98. The summed E-state index contributed by atoms with van der Waals surface area (Å²) in [7, 11) is 0. The lowest BCUT2D eigenvalue weighted by molar-refractivity contribution is -0.123. The van der Waals surface area contributed by atoms with Gasteiger partial charge in [0.15, 0.2) is 0 Å². The number of hydrogen-bond acceptors (Lipinski definition) is 3. The maximum atomic E-state index is 11.7.